The predicted molar refractivity (Wildman–Crippen MR) is 115 cm³/mol. The molecule has 0 saturated heterocycles. The van der Waals surface area contributed by atoms with E-state index in [1.165, 1.54) is 57.8 Å². The quantitative estimate of drug-likeness (QED) is 0.234. The largest absolute Gasteiger partial charge is 0.461 e. The van der Waals surface area contributed by atoms with Crippen LogP contribution in [0.5, 0.6) is 0 Å². The van der Waals surface area contributed by atoms with Gasteiger partial charge in [-0.3, -0.25) is 9.78 Å². The molecule has 1 aromatic heterocycles. The van der Waals surface area contributed by atoms with Gasteiger partial charge in [-0.15, -0.1) is 0 Å². The average molecular weight is 392 g/mol. The maximum Gasteiger partial charge on any atom is 0.306 e. The molecule has 0 spiro atoms. The molecule has 4 heteroatoms. The first-order valence-corrected chi connectivity index (χ1v) is 11.4. The van der Waals surface area contributed by atoms with E-state index in [0.29, 0.717) is 13.0 Å². The topological polar surface area (TPSA) is 59.4 Å². The van der Waals surface area contributed by atoms with Crippen LogP contribution < -0.4 is 0 Å². The molecule has 0 aliphatic carbocycles. The lowest BCUT2D eigenvalue weighted by molar-refractivity contribution is -0.145. The van der Waals surface area contributed by atoms with Crippen molar-refractivity contribution < 1.29 is 14.6 Å². The first-order chi connectivity index (χ1) is 13.7. The Kier molecular flexibility index (Phi) is 15.5. The molecular formula is C24H41NO3. The maximum atomic E-state index is 11.7. The first kappa shape index (κ1) is 24.6. The Balaban J connectivity index is 1.82. The minimum atomic E-state index is -0.114. The van der Waals surface area contributed by atoms with Gasteiger partial charge in [0.1, 0.15) is 6.61 Å². The molecule has 0 bridgehead atoms. The third-order valence-electron chi connectivity index (χ3n) is 5.18. The second-order valence-electron chi connectivity index (χ2n) is 7.89. The summed E-state index contributed by atoms with van der Waals surface area (Å²) in [7, 11) is 0. The van der Waals surface area contributed by atoms with Crippen LogP contribution in [0.1, 0.15) is 109 Å². The van der Waals surface area contributed by atoms with E-state index in [0.717, 1.165) is 37.7 Å². The number of unbranched alkanes of at least 4 members (excludes halogenated alkanes) is 10. The van der Waals surface area contributed by atoms with Crippen molar-refractivity contribution in [3.05, 3.63) is 30.1 Å². The molecule has 1 N–H and O–H groups in total. The summed E-state index contributed by atoms with van der Waals surface area (Å²) in [5.74, 6) is -0.114. The van der Waals surface area contributed by atoms with Crippen LogP contribution >= 0.6 is 0 Å². The summed E-state index contributed by atoms with van der Waals surface area (Å²) in [5, 5.41) is 9.96. The fraction of sp³-hybridized carbons (Fsp3) is 0.750. The predicted octanol–water partition coefficient (Wildman–Crippen LogP) is 6.36. The van der Waals surface area contributed by atoms with E-state index in [4.69, 9.17) is 4.74 Å². The Hall–Kier alpha value is -1.42. The zero-order valence-electron chi connectivity index (χ0n) is 17.9. The summed E-state index contributed by atoms with van der Waals surface area (Å²) in [4.78, 5) is 15.7. The molecule has 1 heterocycles. The SMILES string of the molecule is CCCCCCC(O)CCCCCCCCCCC(=O)OCc1cccnc1. The standard InChI is InChI=1S/C24H41NO3/c1-2-3-4-11-16-23(26)17-12-9-7-5-6-8-10-13-18-24(27)28-21-22-15-14-19-25-20-22/h14-15,19-20,23,26H,2-13,16-18,21H2,1H3. The number of carbonyl (C=O) groups excluding carboxylic acids is 1. The molecule has 1 rings (SSSR count). The molecule has 28 heavy (non-hydrogen) atoms. The fourth-order valence-corrected chi connectivity index (χ4v) is 3.38. The molecule has 1 atom stereocenters. The van der Waals surface area contributed by atoms with Crippen molar-refractivity contribution in [1.82, 2.24) is 4.98 Å². The molecule has 0 fully saturated rings. The van der Waals surface area contributed by atoms with Gasteiger partial charge >= 0.3 is 5.97 Å². The summed E-state index contributed by atoms with van der Waals surface area (Å²) >= 11 is 0. The molecule has 0 aliphatic heterocycles. The van der Waals surface area contributed by atoms with Crippen LogP contribution in [0, 0.1) is 0 Å². The summed E-state index contributed by atoms with van der Waals surface area (Å²) in [6.45, 7) is 2.54. The van der Waals surface area contributed by atoms with Crippen molar-refractivity contribution in [2.75, 3.05) is 0 Å². The van der Waals surface area contributed by atoms with Crippen molar-refractivity contribution in [3.8, 4) is 0 Å². The van der Waals surface area contributed by atoms with E-state index in [1.807, 2.05) is 12.1 Å². The number of ether oxygens (including phenoxy) is 1. The smallest absolute Gasteiger partial charge is 0.306 e. The number of pyridine rings is 1. The van der Waals surface area contributed by atoms with Crippen LogP contribution in [0.3, 0.4) is 0 Å². The Bertz CT molecular complexity index is 478. The summed E-state index contributed by atoms with van der Waals surface area (Å²) in [5.41, 5.74) is 0.930. The molecular weight excluding hydrogens is 350 g/mol. The van der Waals surface area contributed by atoms with Crippen LogP contribution in [0.15, 0.2) is 24.5 Å². The lowest BCUT2D eigenvalue weighted by atomic mass is 10.0. The highest BCUT2D eigenvalue weighted by atomic mass is 16.5. The van der Waals surface area contributed by atoms with Crippen LogP contribution in [-0.4, -0.2) is 22.2 Å². The zero-order valence-corrected chi connectivity index (χ0v) is 17.9. The van der Waals surface area contributed by atoms with E-state index in [-0.39, 0.29) is 12.1 Å². The third-order valence-corrected chi connectivity index (χ3v) is 5.18. The minimum Gasteiger partial charge on any atom is -0.461 e. The molecule has 1 aromatic rings. The molecule has 1 unspecified atom stereocenters. The number of aliphatic hydroxyl groups is 1. The van der Waals surface area contributed by atoms with Crippen molar-refractivity contribution >= 4 is 5.97 Å². The number of nitrogens with zero attached hydrogens (tertiary/aromatic N) is 1. The second kappa shape index (κ2) is 17.7. The van der Waals surface area contributed by atoms with Gasteiger partial charge in [-0.05, 0) is 25.3 Å². The number of aliphatic hydroxyl groups excluding tert-OH is 1. The van der Waals surface area contributed by atoms with Gasteiger partial charge in [0.2, 0.25) is 0 Å². The molecule has 4 nitrogen and oxygen atoms in total. The highest BCUT2D eigenvalue weighted by Gasteiger charge is 2.04. The van der Waals surface area contributed by atoms with Crippen LogP contribution in [0.4, 0.5) is 0 Å². The molecule has 0 aliphatic rings. The van der Waals surface area contributed by atoms with Crippen molar-refractivity contribution in [3.63, 3.8) is 0 Å². The van der Waals surface area contributed by atoms with E-state index >= 15 is 0 Å². The first-order valence-electron chi connectivity index (χ1n) is 11.4. The molecule has 160 valence electrons. The summed E-state index contributed by atoms with van der Waals surface area (Å²) in [6, 6.07) is 3.76. The van der Waals surface area contributed by atoms with Gasteiger partial charge < -0.3 is 9.84 Å². The third kappa shape index (κ3) is 14.6. The summed E-state index contributed by atoms with van der Waals surface area (Å²) < 4.78 is 5.26. The number of hydrogen-bond acceptors (Lipinski definition) is 4. The van der Waals surface area contributed by atoms with Gasteiger partial charge in [-0.1, -0.05) is 83.6 Å². The number of carbonyl (C=O) groups is 1. The van der Waals surface area contributed by atoms with Gasteiger partial charge in [-0.2, -0.15) is 0 Å². The van der Waals surface area contributed by atoms with E-state index in [2.05, 4.69) is 11.9 Å². The molecule has 0 amide bonds. The van der Waals surface area contributed by atoms with Gasteiger partial charge in [0.25, 0.3) is 0 Å². The Morgan fingerprint density at radius 3 is 2.18 bits per heavy atom. The highest BCUT2D eigenvalue weighted by molar-refractivity contribution is 5.69. The zero-order chi connectivity index (χ0) is 20.3. The van der Waals surface area contributed by atoms with Gasteiger partial charge in [0.05, 0.1) is 6.10 Å². The van der Waals surface area contributed by atoms with E-state index < -0.39 is 0 Å². The van der Waals surface area contributed by atoms with Crippen LogP contribution in [0.2, 0.25) is 0 Å². The summed E-state index contributed by atoms with van der Waals surface area (Å²) in [6.07, 6.45) is 20.1. The Morgan fingerprint density at radius 1 is 0.964 bits per heavy atom. The lowest BCUT2D eigenvalue weighted by Crippen LogP contribution is -2.05. The van der Waals surface area contributed by atoms with E-state index in [9.17, 15) is 9.90 Å². The number of hydrogen-bond donors (Lipinski definition) is 1. The second-order valence-corrected chi connectivity index (χ2v) is 7.89. The molecule has 0 aromatic carbocycles. The van der Waals surface area contributed by atoms with Crippen molar-refractivity contribution in [2.45, 2.75) is 116 Å². The van der Waals surface area contributed by atoms with Crippen molar-refractivity contribution in [2.24, 2.45) is 0 Å². The Morgan fingerprint density at radius 2 is 1.57 bits per heavy atom. The number of aromatic nitrogens is 1. The number of rotatable bonds is 18. The fourth-order valence-electron chi connectivity index (χ4n) is 3.38. The minimum absolute atomic E-state index is 0.0882. The normalized spacial score (nSPS) is 12.1. The van der Waals surface area contributed by atoms with Gasteiger partial charge in [0, 0.05) is 24.4 Å². The van der Waals surface area contributed by atoms with E-state index in [1.54, 1.807) is 12.4 Å². The van der Waals surface area contributed by atoms with Crippen LogP contribution in [-0.2, 0) is 16.1 Å². The molecule has 0 radical (unpaired) electrons. The maximum absolute atomic E-state index is 11.7. The lowest BCUT2D eigenvalue weighted by Gasteiger charge is -2.10. The van der Waals surface area contributed by atoms with Crippen LogP contribution in [0.25, 0.3) is 0 Å². The number of esters is 1. The van der Waals surface area contributed by atoms with Gasteiger partial charge in [0.15, 0.2) is 0 Å². The monoisotopic (exact) mass is 391 g/mol. The highest BCUT2D eigenvalue weighted by Crippen LogP contribution is 2.14. The molecule has 0 saturated carbocycles. The average Bonchev–Trinajstić information content (AvgIpc) is 2.72. The van der Waals surface area contributed by atoms with Crippen molar-refractivity contribution in [1.29, 1.82) is 0 Å². The Labute approximate surface area is 172 Å². The van der Waals surface area contributed by atoms with Gasteiger partial charge in [-0.25, -0.2) is 0 Å².